The van der Waals surface area contributed by atoms with Gasteiger partial charge in [0.05, 0.1) is 5.56 Å². The summed E-state index contributed by atoms with van der Waals surface area (Å²) in [4.78, 5) is 33.2. The van der Waals surface area contributed by atoms with Crippen molar-refractivity contribution < 1.29 is 4.79 Å². The molecule has 4 rings (SSSR count). The third-order valence-corrected chi connectivity index (χ3v) is 6.12. The van der Waals surface area contributed by atoms with E-state index in [0.29, 0.717) is 34.3 Å². The molecule has 2 N–H and O–H groups in total. The minimum Gasteiger partial charge on any atom is -0.343 e. The Balaban J connectivity index is 1.92. The summed E-state index contributed by atoms with van der Waals surface area (Å²) < 4.78 is 0.910. The Kier molecular flexibility index (Phi) is 5.06. The molecule has 1 aliphatic carbocycles. The smallest absolute Gasteiger partial charge is 0.257 e. The van der Waals surface area contributed by atoms with Gasteiger partial charge in [0.25, 0.3) is 5.56 Å². The zero-order chi connectivity index (χ0) is 19.0. The molecule has 2 heterocycles. The molecule has 7 heteroatoms. The van der Waals surface area contributed by atoms with Crippen molar-refractivity contribution in [1.82, 2.24) is 9.97 Å². The molecule has 2 aliphatic rings. The molecular weight excluding hydrogens is 426 g/mol. The Bertz CT molecular complexity index is 1030. The van der Waals surface area contributed by atoms with Crippen molar-refractivity contribution in [2.45, 2.75) is 30.3 Å². The predicted molar refractivity (Wildman–Crippen MR) is 111 cm³/mol. The van der Waals surface area contributed by atoms with Gasteiger partial charge < -0.3 is 10.3 Å². The molecule has 1 aliphatic heterocycles. The van der Waals surface area contributed by atoms with E-state index in [9.17, 15) is 9.59 Å². The number of rotatable bonds is 4. The van der Waals surface area contributed by atoms with Crippen LogP contribution in [-0.2, 0) is 4.79 Å². The second-order valence-electron chi connectivity index (χ2n) is 6.52. The molecule has 0 bridgehead atoms. The molecule has 1 atom stereocenters. The molecule has 5 nitrogen and oxygen atoms in total. The number of aromatic amines is 1. The SMILES string of the molecule is C=CCSc1nc2c(c(=O)[nH]1)C(c1cccc(Br)c1)C1=C(CCCC1=O)N2. The third-order valence-electron chi connectivity index (χ3n) is 4.76. The number of benzene rings is 1. The number of fused-ring (bicyclic) bond motifs is 1. The first-order valence-corrected chi connectivity index (χ1v) is 10.5. The molecule has 1 aromatic carbocycles. The molecule has 2 aromatic rings. The van der Waals surface area contributed by atoms with E-state index in [0.717, 1.165) is 28.6 Å². The number of carbonyl (C=O) groups excluding carboxylic acids is 1. The van der Waals surface area contributed by atoms with Gasteiger partial charge in [-0.15, -0.1) is 6.58 Å². The highest BCUT2D eigenvalue weighted by Crippen LogP contribution is 2.43. The topological polar surface area (TPSA) is 74.8 Å². The lowest BCUT2D eigenvalue weighted by atomic mass is 9.76. The highest BCUT2D eigenvalue weighted by atomic mass is 79.9. The summed E-state index contributed by atoms with van der Waals surface area (Å²) in [5.41, 5.74) is 2.79. The number of anilines is 1. The van der Waals surface area contributed by atoms with Gasteiger partial charge in [0.1, 0.15) is 5.82 Å². The van der Waals surface area contributed by atoms with Crippen LogP contribution in [0.15, 0.2) is 62.6 Å². The molecular formula is C20H18BrN3O2S. The molecule has 0 saturated carbocycles. The van der Waals surface area contributed by atoms with Crippen LogP contribution in [0.3, 0.4) is 0 Å². The largest absolute Gasteiger partial charge is 0.343 e. The number of thioether (sulfide) groups is 1. The first-order chi connectivity index (χ1) is 13.1. The fraction of sp³-hybridized carbons (Fsp3) is 0.250. The summed E-state index contributed by atoms with van der Waals surface area (Å²) in [6.07, 6.45) is 3.88. The third kappa shape index (κ3) is 3.41. The van der Waals surface area contributed by atoms with Crippen LogP contribution in [0.2, 0.25) is 0 Å². The number of allylic oxidation sites excluding steroid dienone is 2. The molecule has 138 valence electrons. The zero-order valence-corrected chi connectivity index (χ0v) is 17.0. The quantitative estimate of drug-likeness (QED) is 0.416. The number of Topliss-reactive ketones (excluding diaryl/α,β-unsaturated/α-hetero) is 1. The van der Waals surface area contributed by atoms with E-state index in [1.807, 2.05) is 24.3 Å². The van der Waals surface area contributed by atoms with Crippen LogP contribution in [0.25, 0.3) is 0 Å². The summed E-state index contributed by atoms with van der Waals surface area (Å²) in [5.74, 6) is 0.896. The second kappa shape index (κ2) is 7.48. The van der Waals surface area contributed by atoms with Crippen molar-refractivity contribution in [3.8, 4) is 0 Å². The Morgan fingerprint density at radius 3 is 2.96 bits per heavy atom. The monoisotopic (exact) mass is 443 g/mol. The van der Waals surface area contributed by atoms with Crippen molar-refractivity contribution in [2.75, 3.05) is 11.1 Å². The average Bonchev–Trinajstić information content (AvgIpc) is 2.65. The molecule has 0 radical (unpaired) electrons. The number of hydrogen-bond acceptors (Lipinski definition) is 5. The molecule has 27 heavy (non-hydrogen) atoms. The van der Waals surface area contributed by atoms with Gasteiger partial charge in [-0.25, -0.2) is 4.98 Å². The van der Waals surface area contributed by atoms with Crippen molar-refractivity contribution in [2.24, 2.45) is 0 Å². The first-order valence-electron chi connectivity index (χ1n) is 8.75. The van der Waals surface area contributed by atoms with Gasteiger partial charge in [-0.2, -0.15) is 0 Å². The molecule has 0 fully saturated rings. The van der Waals surface area contributed by atoms with Gasteiger partial charge in [0.2, 0.25) is 0 Å². The maximum Gasteiger partial charge on any atom is 0.257 e. The van der Waals surface area contributed by atoms with Crippen LogP contribution in [0.4, 0.5) is 5.82 Å². The molecule has 1 aromatic heterocycles. The number of halogens is 1. The van der Waals surface area contributed by atoms with E-state index in [2.05, 4.69) is 37.8 Å². The average molecular weight is 444 g/mol. The summed E-state index contributed by atoms with van der Waals surface area (Å²) in [6.45, 7) is 3.70. The standard InChI is InChI=1S/C20H18BrN3O2S/c1-2-9-27-20-23-18-17(19(26)24-20)15(11-5-3-6-12(21)10-11)16-13(22-18)7-4-8-14(16)25/h2-3,5-6,10,15H,1,4,7-9H2,(H2,22,23,24,26). The number of ketones is 1. The van der Waals surface area contributed by atoms with Gasteiger partial charge >= 0.3 is 0 Å². The number of nitrogens with one attached hydrogen (secondary N) is 2. The Labute approximate surface area is 169 Å². The van der Waals surface area contributed by atoms with E-state index < -0.39 is 5.92 Å². The lowest BCUT2D eigenvalue weighted by Crippen LogP contribution is -2.32. The van der Waals surface area contributed by atoms with Crippen LogP contribution < -0.4 is 10.9 Å². The van der Waals surface area contributed by atoms with Gasteiger partial charge in [-0.1, -0.05) is 45.9 Å². The normalized spacial score (nSPS) is 18.6. The maximum absolute atomic E-state index is 13.0. The fourth-order valence-electron chi connectivity index (χ4n) is 3.67. The van der Waals surface area contributed by atoms with Crippen molar-refractivity contribution >= 4 is 39.3 Å². The Hall–Kier alpha value is -2.12. The molecule has 0 saturated heterocycles. The summed E-state index contributed by atoms with van der Waals surface area (Å²) in [7, 11) is 0. The van der Waals surface area contributed by atoms with Crippen LogP contribution in [0, 0.1) is 0 Å². The lowest BCUT2D eigenvalue weighted by Gasteiger charge is -2.32. The Morgan fingerprint density at radius 1 is 1.33 bits per heavy atom. The lowest BCUT2D eigenvalue weighted by molar-refractivity contribution is -0.116. The van der Waals surface area contributed by atoms with Gasteiger partial charge in [0, 0.05) is 33.8 Å². The van der Waals surface area contributed by atoms with E-state index in [-0.39, 0.29) is 11.3 Å². The molecule has 0 spiro atoms. The summed E-state index contributed by atoms with van der Waals surface area (Å²) in [5, 5.41) is 3.82. The van der Waals surface area contributed by atoms with Gasteiger partial charge in [-0.05, 0) is 30.5 Å². The number of carbonyl (C=O) groups is 1. The molecule has 1 unspecified atom stereocenters. The van der Waals surface area contributed by atoms with Gasteiger partial charge in [-0.3, -0.25) is 9.59 Å². The number of H-pyrrole nitrogens is 1. The van der Waals surface area contributed by atoms with Crippen LogP contribution in [0.1, 0.15) is 36.3 Å². The minimum atomic E-state index is -0.406. The van der Waals surface area contributed by atoms with Crippen molar-refractivity contribution in [3.63, 3.8) is 0 Å². The summed E-state index contributed by atoms with van der Waals surface area (Å²) in [6, 6.07) is 7.77. The predicted octanol–water partition coefficient (Wildman–Crippen LogP) is 4.38. The highest BCUT2D eigenvalue weighted by Gasteiger charge is 2.37. The van der Waals surface area contributed by atoms with Crippen molar-refractivity contribution in [1.29, 1.82) is 0 Å². The second-order valence-corrected chi connectivity index (χ2v) is 8.44. The fourth-order valence-corrected chi connectivity index (χ4v) is 4.68. The van der Waals surface area contributed by atoms with E-state index in [1.165, 1.54) is 11.8 Å². The first kappa shape index (κ1) is 18.3. The van der Waals surface area contributed by atoms with Crippen LogP contribution in [-0.4, -0.2) is 21.5 Å². The number of aromatic nitrogens is 2. The highest BCUT2D eigenvalue weighted by molar-refractivity contribution is 9.10. The van der Waals surface area contributed by atoms with E-state index in [1.54, 1.807) is 6.08 Å². The summed E-state index contributed by atoms with van der Waals surface area (Å²) >= 11 is 4.92. The van der Waals surface area contributed by atoms with E-state index >= 15 is 0 Å². The van der Waals surface area contributed by atoms with Crippen LogP contribution >= 0.6 is 27.7 Å². The van der Waals surface area contributed by atoms with Gasteiger partial charge in [0.15, 0.2) is 10.9 Å². The Morgan fingerprint density at radius 2 is 2.19 bits per heavy atom. The molecule has 0 amide bonds. The number of nitrogens with zero attached hydrogens (tertiary/aromatic N) is 1. The van der Waals surface area contributed by atoms with Crippen LogP contribution in [0.5, 0.6) is 0 Å². The zero-order valence-electron chi connectivity index (χ0n) is 14.5. The maximum atomic E-state index is 13.0. The number of hydrogen-bond donors (Lipinski definition) is 2. The van der Waals surface area contributed by atoms with Crippen molar-refractivity contribution in [3.05, 3.63) is 74.1 Å². The minimum absolute atomic E-state index is 0.101. The van der Waals surface area contributed by atoms with E-state index in [4.69, 9.17) is 0 Å².